The Balaban J connectivity index is 1.48. The highest BCUT2D eigenvalue weighted by Gasteiger charge is 2.46. The molecule has 40 heavy (non-hydrogen) atoms. The number of rotatable bonds is 7. The van der Waals surface area contributed by atoms with E-state index in [9.17, 15) is 19.5 Å². The molecule has 1 fully saturated rings. The minimum atomic E-state index is -1.19. The van der Waals surface area contributed by atoms with Crippen molar-refractivity contribution in [2.45, 2.75) is 30.8 Å². The highest BCUT2D eigenvalue weighted by Crippen LogP contribution is 2.33. The number of hydrogen-bond acceptors (Lipinski definition) is 3. The molecule has 6 nitrogen and oxygen atoms in total. The van der Waals surface area contributed by atoms with Gasteiger partial charge in [0.1, 0.15) is 6.04 Å². The predicted octanol–water partition coefficient (Wildman–Crippen LogP) is 5.16. The molecule has 0 aliphatic carbocycles. The van der Waals surface area contributed by atoms with E-state index in [-0.39, 0.29) is 24.9 Å². The number of piperazine rings is 1. The molecule has 0 aromatic heterocycles. The first-order chi connectivity index (χ1) is 19.5. The molecule has 0 radical (unpaired) electrons. The quantitative estimate of drug-likeness (QED) is 0.357. The minimum Gasteiger partial charge on any atom is -0.480 e. The maximum absolute atomic E-state index is 14.2. The van der Waals surface area contributed by atoms with Crippen LogP contribution in [0.5, 0.6) is 0 Å². The molecule has 5 rings (SSSR count). The van der Waals surface area contributed by atoms with Crippen LogP contribution in [0, 0.1) is 0 Å². The first kappa shape index (κ1) is 26.9. The Bertz CT molecular complexity index is 1370. The molecular weight excluding hydrogens is 500 g/mol. The van der Waals surface area contributed by atoms with Gasteiger partial charge < -0.3 is 14.9 Å². The lowest BCUT2D eigenvalue weighted by Gasteiger charge is -2.46. The number of carboxylic acid groups (broad SMARTS) is 1. The summed E-state index contributed by atoms with van der Waals surface area (Å²) in [5, 5.41) is 10.4. The Kier molecular flexibility index (Phi) is 8.06. The zero-order chi connectivity index (χ0) is 28.1. The lowest BCUT2D eigenvalue weighted by Crippen LogP contribution is -2.65. The molecule has 0 unspecified atom stereocenters. The molecule has 2 amide bonds. The second-order valence-electron chi connectivity index (χ2n) is 10.1. The zero-order valence-electron chi connectivity index (χ0n) is 22.3. The van der Waals surface area contributed by atoms with Crippen LogP contribution in [0.25, 0.3) is 0 Å². The van der Waals surface area contributed by atoms with Crippen LogP contribution >= 0.6 is 0 Å². The van der Waals surface area contributed by atoms with Crippen molar-refractivity contribution in [3.05, 3.63) is 144 Å². The van der Waals surface area contributed by atoms with Crippen LogP contribution < -0.4 is 0 Å². The van der Waals surface area contributed by atoms with Gasteiger partial charge in [0.25, 0.3) is 0 Å². The number of benzene rings is 4. The van der Waals surface area contributed by atoms with Crippen LogP contribution in [0.2, 0.25) is 0 Å². The fraction of sp³-hybridized carbons (Fsp3) is 0.206. The molecule has 0 saturated carbocycles. The van der Waals surface area contributed by atoms with E-state index in [1.165, 1.54) is 4.90 Å². The number of hydrogen-bond donors (Lipinski definition) is 1. The van der Waals surface area contributed by atoms with Gasteiger partial charge in [-0.3, -0.25) is 9.59 Å². The van der Waals surface area contributed by atoms with Crippen LogP contribution in [0.3, 0.4) is 0 Å². The summed E-state index contributed by atoms with van der Waals surface area (Å²) >= 11 is 0. The van der Waals surface area contributed by atoms with Gasteiger partial charge in [0.15, 0.2) is 0 Å². The number of carboxylic acids is 1. The number of amides is 2. The first-order valence-electron chi connectivity index (χ1n) is 13.5. The van der Waals surface area contributed by atoms with Crippen molar-refractivity contribution in [2.24, 2.45) is 0 Å². The maximum Gasteiger partial charge on any atom is 0.328 e. The Hall–Kier alpha value is -4.71. The maximum atomic E-state index is 14.2. The molecule has 202 valence electrons. The molecular formula is C34H32N2O4. The van der Waals surface area contributed by atoms with Crippen molar-refractivity contribution in [1.82, 2.24) is 9.80 Å². The monoisotopic (exact) mass is 532 g/mol. The van der Waals surface area contributed by atoms with Crippen molar-refractivity contribution in [2.75, 3.05) is 13.1 Å². The minimum absolute atomic E-state index is 0.123. The molecule has 1 aliphatic rings. The third-order valence-corrected chi connectivity index (χ3v) is 7.71. The third-order valence-electron chi connectivity index (χ3n) is 7.71. The summed E-state index contributed by atoms with van der Waals surface area (Å²) in [4.78, 5) is 44.1. The molecule has 0 bridgehead atoms. The average molecular weight is 533 g/mol. The van der Waals surface area contributed by atoms with E-state index >= 15 is 0 Å². The topological polar surface area (TPSA) is 77.9 Å². The molecule has 6 heteroatoms. The molecule has 2 atom stereocenters. The Morgan fingerprint density at radius 3 is 1.20 bits per heavy atom. The van der Waals surface area contributed by atoms with Gasteiger partial charge in [-0.2, -0.15) is 0 Å². The predicted molar refractivity (Wildman–Crippen MR) is 154 cm³/mol. The Labute approximate surface area is 234 Å². The van der Waals surface area contributed by atoms with Crippen LogP contribution in [-0.4, -0.2) is 57.9 Å². The van der Waals surface area contributed by atoms with Crippen molar-refractivity contribution < 1.29 is 19.5 Å². The van der Waals surface area contributed by atoms with Gasteiger partial charge >= 0.3 is 5.97 Å². The highest BCUT2D eigenvalue weighted by atomic mass is 16.4. The lowest BCUT2D eigenvalue weighted by molar-refractivity contribution is -0.160. The second kappa shape index (κ2) is 12.0. The third kappa shape index (κ3) is 5.38. The summed E-state index contributed by atoms with van der Waals surface area (Å²) < 4.78 is 0. The summed E-state index contributed by atoms with van der Waals surface area (Å²) in [7, 11) is 0. The SMILES string of the molecule is C[C@H]1[C@H](C(=O)O)N(C(=O)C(c2ccccc2)c2ccccc2)CCN1C(=O)C(c1ccccc1)c1ccccc1. The van der Waals surface area contributed by atoms with E-state index in [1.54, 1.807) is 11.8 Å². The van der Waals surface area contributed by atoms with Crippen LogP contribution in [-0.2, 0) is 14.4 Å². The normalized spacial score (nSPS) is 17.2. The van der Waals surface area contributed by atoms with Crippen LogP contribution in [0.15, 0.2) is 121 Å². The van der Waals surface area contributed by atoms with E-state index in [0.29, 0.717) is 0 Å². The Morgan fingerprint density at radius 1 is 0.575 bits per heavy atom. The van der Waals surface area contributed by atoms with Gasteiger partial charge in [-0.15, -0.1) is 0 Å². The summed E-state index contributed by atoms with van der Waals surface area (Å²) in [5.74, 6) is -2.82. The summed E-state index contributed by atoms with van der Waals surface area (Å²) in [6, 6.07) is 36.0. The number of nitrogens with zero attached hydrogens (tertiary/aromatic N) is 2. The molecule has 1 heterocycles. The van der Waals surface area contributed by atoms with Crippen LogP contribution in [0.4, 0.5) is 0 Å². The zero-order valence-corrected chi connectivity index (χ0v) is 22.3. The highest BCUT2D eigenvalue weighted by molar-refractivity contribution is 5.93. The molecule has 0 spiro atoms. The van der Waals surface area contributed by atoms with E-state index in [1.807, 2.05) is 121 Å². The fourth-order valence-electron chi connectivity index (χ4n) is 5.76. The van der Waals surface area contributed by atoms with Crippen molar-refractivity contribution in [3.8, 4) is 0 Å². The largest absolute Gasteiger partial charge is 0.480 e. The van der Waals surface area contributed by atoms with Gasteiger partial charge in [0, 0.05) is 13.1 Å². The summed E-state index contributed by atoms with van der Waals surface area (Å²) in [5.41, 5.74) is 3.26. The van der Waals surface area contributed by atoms with E-state index in [0.717, 1.165) is 22.3 Å². The molecule has 1 N–H and O–H groups in total. The van der Waals surface area contributed by atoms with Gasteiger partial charge in [-0.25, -0.2) is 4.79 Å². The van der Waals surface area contributed by atoms with Crippen molar-refractivity contribution in [1.29, 1.82) is 0 Å². The van der Waals surface area contributed by atoms with Crippen molar-refractivity contribution in [3.63, 3.8) is 0 Å². The number of carbonyl (C=O) groups is 3. The number of aliphatic carboxylic acids is 1. The summed E-state index contributed by atoms with van der Waals surface area (Å²) in [6.07, 6.45) is 0. The van der Waals surface area contributed by atoms with Gasteiger partial charge in [0.05, 0.1) is 17.9 Å². The fourth-order valence-corrected chi connectivity index (χ4v) is 5.76. The summed E-state index contributed by atoms with van der Waals surface area (Å²) in [6.45, 7) is 2.09. The lowest BCUT2D eigenvalue weighted by atomic mass is 9.87. The molecule has 1 aliphatic heterocycles. The smallest absolute Gasteiger partial charge is 0.328 e. The molecule has 1 saturated heterocycles. The van der Waals surface area contributed by atoms with Crippen molar-refractivity contribution >= 4 is 17.8 Å². The van der Waals surface area contributed by atoms with Gasteiger partial charge in [0.2, 0.25) is 11.8 Å². The van der Waals surface area contributed by atoms with Crippen LogP contribution in [0.1, 0.15) is 41.0 Å². The first-order valence-corrected chi connectivity index (χ1v) is 13.5. The van der Waals surface area contributed by atoms with Gasteiger partial charge in [-0.1, -0.05) is 121 Å². The number of carbonyl (C=O) groups excluding carboxylic acids is 2. The Morgan fingerprint density at radius 2 is 0.875 bits per heavy atom. The molecule has 4 aromatic carbocycles. The molecule has 4 aromatic rings. The van der Waals surface area contributed by atoms with Gasteiger partial charge in [-0.05, 0) is 29.2 Å². The average Bonchev–Trinajstić information content (AvgIpc) is 2.99. The van der Waals surface area contributed by atoms with E-state index in [2.05, 4.69) is 0 Å². The standard InChI is InChI=1S/C34H32N2O4/c1-24-31(34(39)40)36(33(38)30(27-18-10-4-11-19-27)28-20-12-5-13-21-28)23-22-35(24)32(37)29(25-14-6-2-7-15-25)26-16-8-3-9-17-26/h2-21,24,29-31H,22-23H2,1H3,(H,39,40)/t24-,31+/m0/s1. The van der Waals surface area contributed by atoms with E-state index in [4.69, 9.17) is 0 Å². The van der Waals surface area contributed by atoms with E-state index < -0.39 is 29.9 Å². The second-order valence-corrected chi connectivity index (χ2v) is 10.1.